The lowest BCUT2D eigenvalue weighted by molar-refractivity contribution is -0.144. The second-order valence-corrected chi connectivity index (χ2v) is 6.36. The predicted octanol–water partition coefficient (Wildman–Crippen LogP) is 3.60. The van der Waals surface area contributed by atoms with Crippen molar-refractivity contribution in [2.24, 2.45) is 11.1 Å². The third-order valence-corrected chi connectivity index (χ3v) is 5.01. The fourth-order valence-corrected chi connectivity index (χ4v) is 3.42. The van der Waals surface area contributed by atoms with Crippen LogP contribution in [0, 0.1) is 5.41 Å². The number of rotatable bonds is 5. The number of nitrogens with two attached hydrogens (primary N) is 1. The van der Waals surface area contributed by atoms with Crippen molar-refractivity contribution in [3.8, 4) is 0 Å². The maximum atomic E-state index is 13.0. The molecule has 1 fully saturated rings. The molecular formula is C17H25ClN2O. The largest absolute Gasteiger partial charge is 0.338 e. The van der Waals surface area contributed by atoms with Gasteiger partial charge in [-0.05, 0) is 31.4 Å². The Morgan fingerprint density at radius 3 is 2.52 bits per heavy atom. The molecule has 2 rings (SSSR count). The molecule has 0 bridgehead atoms. The molecule has 0 saturated heterocycles. The minimum Gasteiger partial charge on any atom is -0.338 e. The summed E-state index contributed by atoms with van der Waals surface area (Å²) < 4.78 is 0. The SMILES string of the molecule is CCN(Cc1ccccc1Cl)C(=O)C1(CN)CCCCC1. The molecule has 0 unspecified atom stereocenters. The van der Waals surface area contributed by atoms with Crippen LogP contribution in [0.2, 0.25) is 5.02 Å². The number of amides is 1. The lowest BCUT2D eigenvalue weighted by atomic mass is 9.73. The Labute approximate surface area is 132 Å². The van der Waals surface area contributed by atoms with Gasteiger partial charge in [0.05, 0.1) is 5.41 Å². The van der Waals surface area contributed by atoms with E-state index in [1.807, 2.05) is 36.1 Å². The number of hydrogen-bond acceptors (Lipinski definition) is 2. The number of halogens is 1. The lowest BCUT2D eigenvalue weighted by Crippen LogP contribution is -2.48. The molecule has 1 aromatic rings. The summed E-state index contributed by atoms with van der Waals surface area (Å²) in [6.45, 7) is 3.72. The van der Waals surface area contributed by atoms with E-state index in [9.17, 15) is 4.79 Å². The fraction of sp³-hybridized carbons (Fsp3) is 0.588. The van der Waals surface area contributed by atoms with E-state index in [4.69, 9.17) is 17.3 Å². The second kappa shape index (κ2) is 7.28. The standard InChI is InChI=1S/C17H25ClN2O/c1-2-20(12-14-8-4-5-9-15(14)18)16(21)17(13-19)10-6-3-7-11-17/h4-5,8-9H,2-3,6-7,10-13,19H2,1H3. The zero-order chi connectivity index (χ0) is 15.3. The Morgan fingerprint density at radius 2 is 1.95 bits per heavy atom. The van der Waals surface area contributed by atoms with Crippen molar-refractivity contribution in [2.75, 3.05) is 13.1 Å². The minimum absolute atomic E-state index is 0.201. The van der Waals surface area contributed by atoms with Gasteiger partial charge in [0, 0.05) is 24.7 Å². The molecule has 0 aromatic heterocycles. The summed E-state index contributed by atoms with van der Waals surface area (Å²) in [5.41, 5.74) is 6.63. The molecule has 21 heavy (non-hydrogen) atoms. The summed E-state index contributed by atoms with van der Waals surface area (Å²) in [6, 6.07) is 7.72. The summed E-state index contributed by atoms with van der Waals surface area (Å²) in [5, 5.41) is 0.717. The summed E-state index contributed by atoms with van der Waals surface area (Å²) in [7, 11) is 0. The van der Waals surface area contributed by atoms with Gasteiger partial charge in [0.25, 0.3) is 0 Å². The first-order valence-corrected chi connectivity index (χ1v) is 8.23. The van der Waals surface area contributed by atoms with Crippen LogP contribution in [0.15, 0.2) is 24.3 Å². The average molecular weight is 309 g/mol. The number of carbonyl (C=O) groups excluding carboxylic acids is 1. The van der Waals surface area contributed by atoms with E-state index >= 15 is 0 Å². The molecule has 0 heterocycles. The van der Waals surface area contributed by atoms with Crippen LogP contribution < -0.4 is 5.73 Å². The molecule has 3 nitrogen and oxygen atoms in total. The molecule has 1 saturated carbocycles. The van der Waals surface area contributed by atoms with E-state index in [1.54, 1.807) is 0 Å². The Hall–Kier alpha value is -1.06. The first kappa shape index (κ1) is 16.3. The first-order valence-electron chi connectivity index (χ1n) is 7.86. The summed E-state index contributed by atoms with van der Waals surface area (Å²) >= 11 is 6.22. The van der Waals surface area contributed by atoms with Crippen LogP contribution in [0.25, 0.3) is 0 Å². The Balaban J connectivity index is 2.16. The summed E-state index contributed by atoms with van der Waals surface area (Å²) in [5.74, 6) is 0.201. The van der Waals surface area contributed by atoms with Gasteiger partial charge >= 0.3 is 0 Å². The van der Waals surface area contributed by atoms with Crippen molar-refractivity contribution in [2.45, 2.75) is 45.6 Å². The smallest absolute Gasteiger partial charge is 0.230 e. The van der Waals surface area contributed by atoms with Crippen molar-refractivity contribution < 1.29 is 4.79 Å². The van der Waals surface area contributed by atoms with Gasteiger partial charge in [-0.15, -0.1) is 0 Å². The van der Waals surface area contributed by atoms with Crippen LogP contribution in [0.4, 0.5) is 0 Å². The molecule has 0 spiro atoms. The van der Waals surface area contributed by atoms with Crippen LogP contribution in [-0.4, -0.2) is 23.9 Å². The number of carbonyl (C=O) groups is 1. The monoisotopic (exact) mass is 308 g/mol. The van der Waals surface area contributed by atoms with Crippen LogP contribution in [0.3, 0.4) is 0 Å². The van der Waals surface area contributed by atoms with Gasteiger partial charge in [0.1, 0.15) is 0 Å². The molecule has 1 aromatic carbocycles. The van der Waals surface area contributed by atoms with Crippen molar-refractivity contribution in [1.82, 2.24) is 4.90 Å². The maximum Gasteiger partial charge on any atom is 0.230 e. The van der Waals surface area contributed by atoms with Crippen LogP contribution in [-0.2, 0) is 11.3 Å². The number of hydrogen-bond donors (Lipinski definition) is 1. The minimum atomic E-state index is -0.352. The van der Waals surface area contributed by atoms with Crippen molar-refractivity contribution in [1.29, 1.82) is 0 Å². The molecule has 2 N–H and O–H groups in total. The molecule has 0 atom stereocenters. The average Bonchev–Trinajstić information content (AvgIpc) is 2.54. The molecule has 1 aliphatic carbocycles. The predicted molar refractivity (Wildman–Crippen MR) is 87.1 cm³/mol. The highest BCUT2D eigenvalue weighted by Gasteiger charge is 2.40. The number of benzene rings is 1. The van der Waals surface area contributed by atoms with Gasteiger partial charge < -0.3 is 10.6 Å². The van der Waals surface area contributed by atoms with Gasteiger partial charge in [0.15, 0.2) is 0 Å². The highest BCUT2D eigenvalue weighted by molar-refractivity contribution is 6.31. The summed E-state index contributed by atoms with van der Waals surface area (Å²) in [4.78, 5) is 14.9. The molecule has 0 radical (unpaired) electrons. The molecule has 1 aliphatic rings. The van der Waals surface area contributed by atoms with Gasteiger partial charge in [-0.2, -0.15) is 0 Å². The lowest BCUT2D eigenvalue weighted by Gasteiger charge is -2.39. The van der Waals surface area contributed by atoms with E-state index in [-0.39, 0.29) is 11.3 Å². The third kappa shape index (κ3) is 3.58. The van der Waals surface area contributed by atoms with Gasteiger partial charge in [-0.1, -0.05) is 49.1 Å². The van der Waals surface area contributed by atoms with E-state index in [2.05, 4.69) is 0 Å². The highest BCUT2D eigenvalue weighted by atomic mass is 35.5. The van der Waals surface area contributed by atoms with Crippen LogP contribution in [0.1, 0.15) is 44.6 Å². The molecule has 1 amide bonds. The third-order valence-electron chi connectivity index (χ3n) is 4.64. The number of nitrogens with zero attached hydrogens (tertiary/aromatic N) is 1. The Bertz CT molecular complexity index is 483. The zero-order valence-corrected chi connectivity index (χ0v) is 13.5. The molecular weight excluding hydrogens is 284 g/mol. The van der Waals surface area contributed by atoms with Crippen LogP contribution >= 0.6 is 11.6 Å². The molecule has 4 heteroatoms. The van der Waals surface area contributed by atoms with Crippen molar-refractivity contribution in [3.63, 3.8) is 0 Å². The topological polar surface area (TPSA) is 46.3 Å². The van der Waals surface area contributed by atoms with Gasteiger partial charge in [-0.25, -0.2) is 0 Å². The van der Waals surface area contributed by atoms with Crippen LogP contribution in [0.5, 0.6) is 0 Å². The zero-order valence-electron chi connectivity index (χ0n) is 12.8. The van der Waals surface area contributed by atoms with E-state index < -0.39 is 0 Å². The van der Waals surface area contributed by atoms with E-state index in [0.29, 0.717) is 24.7 Å². The Kier molecular flexibility index (Phi) is 5.65. The van der Waals surface area contributed by atoms with Crippen molar-refractivity contribution >= 4 is 17.5 Å². The fourth-order valence-electron chi connectivity index (χ4n) is 3.23. The van der Waals surface area contributed by atoms with Gasteiger partial charge in [0.2, 0.25) is 5.91 Å². The summed E-state index contributed by atoms with van der Waals surface area (Å²) in [6.07, 6.45) is 5.26. The van der Waals surface area contributed by atoms with Gasteiger partial charge in [-0.3, -0.25) is 4.79 Å². The van der Waals surface area contributed by atoms with Crippen molar-refractivity contribution in [3.05, 3.63) is 34.9 Å². The highest BCUT2D eigenvalue weighted by Crippen LogP contribution is 2.37. The van der Waals surface area contributed by atoms with E-state index in [0.717, 1.165) is 31.2 Å². The molecule has 0 aliphatic heterocycles. The maximum absolute atomic E-state index is 13.0. The molecule has 116 valence electrons. The quantitative estimate of drug-likeness (QED) is 0.903. The normalized spacial score (nSPS) is 17.5. The first-order chi connectivity index (χ1) is 10.1. The Morgan fingerprint density at radius 1 is 1.29 bits per heavy atom. The van der Waals surface area contributed by atoms with E-state index in [1.165, 1.54) is 6.42 Å². The second-order valence-electron chi connectivity index (χ2n) is 5.96.